The lowest BCUT2D eigenvalue weighted by Crippen LogP contribution is -2.53. The molecule has 3 heterocycles. The van der Waals surface area contributed by atoms with Crippen LogP contribution in [-0.4, -0.2) is 47.0 Å². The van der Waals surface area contributed by atoms with Gasteiger partial charge in [0.2, 0.25) is 5.91 Å². The molecule has 1 N–H and O–H groups in total. The zero-order valence-corrected chi connectivity index (χ0v) is 20.6. The number of aryl methyl sites for hydroxylation is 1. The standard InChI is InChI=1S/C27H28F2N6O/c1-16(21-6-4-5-18(13-30)23(21)29)31-25-22-14-35(20-9-7-19(28)8-10-20)26(36)27(11-12-34(3)15-27)24(22)32-17(2)33-25/h4-5,7-10,16,21H,6,11-12,14-15H2,1-3H3,(H,31,32,33)/t16-,21?,27?/m1/s1. The molecule has 1 saturated heterocycles. The van der Waals surface area contributed by atoms with Crippen LogP contribution in [0, 0.1) is 30.0 Å². The molecule has 2 unspecified atom stereocenters. The highest BCUT2D eigenvalue weighted by atomic mass is 19.1. The van der Waals surface area contributed by atoms with Gasteiger partial charge in [0.15, 0.2) is 0 Å². The van der Waals surface area contributed by atoms with E-state index < -0.39 is 17.2 Å². The smallest absolute Gasteiger partial charge is 0.240 e. The van der Waals surface area contributed by atoms with Crippen LogP contribution in [0.25, 0.3) is 0 Å². The fourth-order valence-electron chi connectivity index (χ4n) is 5.59. The Labute approximate surface area is 209 Å². The number of allylic oxidation sites excluding steroid dienone is 3. The third-order valence-electron chi connectivity index (χ3n) is 7.49. The number of halogens is 2. The van der Waals surface area contributed by atoms with Crippen LogP contribution >= 0.6 is 0 Å². The Morgan fingerprint density at radius 3 is 2.67 bits per heavy atom. The molecule has 5 rings (SSSR count). The highest BCUT2D eigenvalue weighted by molar-refractivity contribution is 6.03. The van der Waals surface area contributed by atoms with Crippen LogP contribution in [-0.2, 0) is 16.8 Å². The van der Waals surface area contributed by atoms with Crippen molar-refractivity contribution < 1.29 is 13.6 Å². The number of aromatic nitrogens is 2. The highest BCUT2D eigenvalue weighted by Gasteiger charge is 2.53. The lowest BCUT2D eigenvalue weighted by molar-refractivity contribution is -0.124. The molecule has 7 nitrogen and oxygen atoms in total. The molecule has 2 aliphatic heterocycles. The second-order valence-electron chi connectivity index (χ2n) is 9.94. The summed E-state index contributed by atoms with van der Waals surface area (Å²) < 4.78 is 28.6. The molecule has 0 radical (unpaired) electrons. The second kappa shape index (κ2) is 9.10. The van der Waals surface area contributed by atoms with E-state index in [4.69, 9.17) is 4.98 Å². The average molecular weight is 491 g/mol. The summed E-state index contributed by atoms with van der Waals surface area (Å²) in [5.74, 6) is -0.301. The van der Waals surface area contributed by atoms with Gasteiger partial charge in [-0.2, -0.15) is 5.26 Å². The maximum absolute atomic E-state index is 15.0. The van der Waals surface area contributed by atoms with E-state index >= 15 is 0 Å². The first-order valence-corrected chi connectivity index (χ1v) is 12.1. The lowest BCUT2D eigenvalue weighted by atomic mass is 9.76. The first-order valence-electron chi connectivity index (χ1n) is 12.1. The fourth-order valence-corrected chi connectivity index (χ4v) is 5.59. The SMILES string of the molecule is Cc1nc(N[C@H](C)C2CC=CC(C#N)=C2F)c2c(n1)C1(CCN(C)C1)C(=O)N(c1ccc(F)cc1)C2. The fraction of sp³-hybridized carbons (Fsp3) is 0.407. The van der Waals surface area contributed by atoms with Crippen LogP contribution in [0.5, 0.6) is 0 Å². The number of likely N-dealkylation sites (N-methyl/N-ethyl adjacent to an activating group) is 1. The number of likely N-dealkylation sites (tertiary alicyclic amines) is 1. The normalized spacial score (nSPS) is 24.7. The third-order valence-corrected chi connectivity index (χ3v) is 7.49. The summed E-state index contributed by atoms with van der Waals surface area (Å²) in [4.78, 5) is 27.2. The molecule has 2 aromatic rings. The third kappa shape index (κ3) is 3.95. The van der Waals surface area contributed by atoms with E-state index in [-0.39, 0.29) is 29.9 Å². The van der Waals surface area contributed by atoms with Crippen LogP contribution < -0.4 is 10.2 Å². The molecule has 1 aromatic heterocycles. The van der Waals surface area contributed by atoms with Gasteiger partial charge in [0.25, 0.3) is 0 Å². The zero-order valence-electron chi connectivity index (χ0n) is 20.6. The monoisotopic (exact) mass is 490 g/mol. The molecule has 36 heavy (non-hydrogen) atoms. The number of carbonyl (C=O) groups excluding carboxylic acids is 1. The number of nitrogens with one attached hydrogen (secondary N) is 1. The molecule has 0 saturated carbocycles. The quantitative estimate of drug-likeness (QED) is 0.693. The number of anilines is 2. The van der Waals surface area contributed by atoms with Crippen molar-refractivity contribution in [3.63, 3.8) is 0 Å². The number of rotatable bonds is 4. The molecule has 186 valence electrons. The Bertz CT molecular complexity index is 1310. The molecule has 9 heteroatoms. The van der Waals surface area contributed by atoms with Crippen LogP contribution in [0.3, 0.4) is 0 Å². The molecule has 3 atom stereocenters. The van der Waals surface area contributed by atoms with E-state index in [0.29, 0.717) is 42.4 Å². The predicted octanol–water partition coefficient (Wildman–Crippen LogP) is 4.17. The molecular formula is C27H28F2N6O. The first-order chi connectivity index (χ1) is 17.2. The highest BCUT2D eigenvalue weighted by Crippen LogP contribution is 2.44. The minimum atomic E-state index is -0.850. The number of nitriles is 1. The van der Waals surface area contributed by atoms with Crippen molar-refractivity contribution in [1.82, 2.24) is 14.9 Å². The van der Waals surface area contributed by atoms with E-state index in [1.165, 1.54) is 18.2 Å². The minimum absolute atomic E-state index is 0.0434. The lowest BCUT2D eigenvalue weighted by Gasteiger charge is -2.41. The average Bonchev–Trinajstić information content (AvgIpc) is 3.25. The molecule has 1 fully saturated rings. The molecule has 3 aliphatic rings. The predicted molar refractivity (Wildman–Crippen MR) is 132 cm³/mol. The van der Waals surface area contributed by atoms with Crippen LogP contribution in [0.15, 0.2) is 47.8 Å². The molecule has 0 bridgehead atoms. The summed E-state index contributed by atoms with van der Waals surface area (Å²) in [6, 6.07) is 7.45. The van der Waals surface area contributed by atoms with Crippen molar-refractivity contribution in [2.75, 3.05) is 30.4 Å². The number of fused-ring (bicyclic) bond motifs is 2. The van der Waals surface area contributed by atoms with Gasteiger partial charge in [-0.15, -0.1) is 0 Å². The molecular weight excluding hydrogens is 462 g/mol. The number of nitrogens with zero attached hydrogens (tertiary/aromatic N) is 5. The van der Waals surface area contributed by atoms with Crippen molar-refractivity contribution in [3.8, 4) is 6.07 Å². The Hall–Kier alpha value is -3.64. The van der Waals surface area contributed by atoms with Gasteiger partial charge in [-0.25, -0.2) is 18.7 Å². The summed E-state index contributed by atoms with van der Waals surface area (Å²) >= 11 is 0. The summed E-state index contributed by atoms with van der Waals surface area (Å²) in [6.45, 7) is 5.13. The summed E-state index contributed by atoms with van der Waals surface area (Å²) in [7, 11) is 1.98. The van der Waals surface area contributed by atoms with Gasteiger partial charge >= 0.3 is 0 Å². The first kappa shape index (κ1) is 24.1. The number of amides is 1. The number of benzene rings is 1. The van der Waals surface area contributed by atoms with Crippen molar-refractivity contribution >= 4 is 17.4 Å². The molecule has 1 aliphatic carbocycles. The minimum Gasteiger partial charge on any atom is -0.367 e. The van der Waals surface area contributed by atoms with Gasteiger partial charge in [0.05, 0.1) is 17.8 Å². The summed E-state index contributed by atoms with van der Waals surface area (Å²) in [5.41, 5.74) is 1.28. The Kier molecular flexibility index (Phi) is 6.08. The van der Waals surface area contributed by atoms with Gasteiger partial charge in [-0.1, -0.05) is 6.08 Å². The van der Waals surface area contributed by atoms with Crippen molar-refractivity contribution in [2.24, 2.45) is 5.92 Å². The largest absolute Gasteiger partial charge is 0.367 e. The van der Waals surface area contributed by atoms with E-state index in [9.17, 15) is 18.8 Å². The Morgan fingerprint density at radius 1 is 1.25 bits per heavy atom. The van der Waals surface area contributed by atoms with E-state index in [1.807, 2.05) is 26.1 Å². The van der Waals surface area contributed by atoms with E-state index in [1.54, 1.807) is 24.0 Å². The van der Waals surface area contributed by atoms with Crippen LogP contribution in [0.4, 0.5) is 20.3 Å². The number of hydrogen-bond donors (Lipinski definition) is 1. The van der Waals surface area contributed by atoms with Crippen molar-refractivity contribution in [2.45, 2.75) is 44.7 Å². The molecule has 1 spiro atoms. The maximum Gasteiger partial charge on any atom is 0.240 e. The van der Waals surface area contributed by atoms with Crippen molar-refractivity contribution in [3.05, 3.63) is 70.7 Å². The maximum atomic E-state index is 15.0. The molecule has 1 amide bonds. The Morgan fingerprint density at radius 2 is 2.00 bits per heavy atom. The topological polar surface area (TPSA) is 85.1 Å². The Balaban J connectivity index is 1.58. The van der Waals surface area contributed by atoms with Gasteiger partial charge in [0, 0.05) is 29.8 Å². The van der Waals surface area contributed by atoms with Crippen LogP contribution in [0.1, 0.15) is 36.8 Å². The zero-order chi connectivity index (χ0) is 25.6. The molecule has 1 aromatic carbocycles. The number of carbonyl (C=O) groups is 1. The van der Waals surface area contributed by atoms with Gasteiger partial charge in [-0.3, -0.25) is 4.79 Å². The van der Waals surface area contributed by atoms with E-state index in [0.717, 1.165) is 12.1 Å². The van der Waals surface area contributed by atoms with Crippen molar-refractivity contribution in [1.29, 1.82) is 5.26 Å². The number of hydrogen-bond acceptors (Lipinski definition) is 6. The van der Waals surface area contributed by atoms with Crippen LogP contribution in [0.2, 0.25) is 0 Å². The van der Waals surface area contributed by atoms with E-state index in [2.05, 4.69) is 15.2 Å². The van der Waals surface area contributed by atoms with Gasteiger partial charge in [0.1, 0.15) is 34.8 Å². The van der Waals surface area contributed by atoms with Gasteiger partial charge in [-0.05, 0) is 70.6 Å². The summed E-state index contributed by atoms with van der Waals surface area (Å²) in [5, 5.41) is 12.6. The van der Waals surface area contributed by atoms with Gasteiger partial charge < -0.3 is 15.1 Å². The summed E-state index contributed by atoms with van der Waals surface area (Å²) in [6.07, 6.45) is 4.40. The second-order valence-corrected chi connectivity index (χ2v) is 9.94.